The SMILES string of the molecule is CC(C)(C)c1cccc2c1C(=O)CC1(C2)CC2C=CC1C2. The van der Waals surface area contributed by atoms with E-state index >= 15 is 0 Å². The number of carbonyl (C=O) groups is 1. The third-order valence-electron chi connectivity index (χ3n) is 5.92. The molecule has 0 radical (unpaired) electrons. The summed E-state index contributed by atoms with van der Waals surface area (Å²) < 4.78 is 0. The molecule has 0 aliphatic heterocycles. The first-order valence-electron chi connectivity index (χ1n) is 8.23. The van der Waals surface area contributed by atoms with Gasteiger partial charge in [0.15, 0.2) is 5.78 Å². The maximum atomic E-state index is 13.0. The van der Waals surface area contributed by atoms with Crippen molar-refractivity contribution >= 4 is 5.78 Å². The number of hydrogen-bond acceptors (Lipinski definition) is 1. The van der Waals surface area contributed by atoms with Gasteiger partial charge in [-0.2, -0.15) is 0 Å². The lowest BCUT2D eigenvalue weighted by molar-refractivity contribution is 0.0845. The second-order valence-electron chi connectivity index (χ2n) is 8.42. The lowest BCUT2D eigenvalue weighted by Crippen LogP contribution is -2.37. The van der Waals surface area contributed by atoms with E-state index in [4.69, 9.17) is 0 Å². The van der Waals surface area contributed by atoms with Gasteiger partial charge in [-0.05, 0) is 53.1 Å². The lowest BCUT2D eigenvalue weighted by Gasteiger charge is -2.40. The lowest BCUT2D eigenvalue weighted by atomic mass is 9.62. The van der Waals surface area contributed by atoms with Crippen LogP contribution in [0.5, 0.6) is 0 Å². The number of fused-ring (bicyclic) bond motifs is 4. The normalized spacial score (nSPS) is 33.8. The topological polar surface area (TPSA) is 17.1 Å². The van der Waals surface area contributed by atoms with E-state index in [9.17, 15) is 4.79 Å². The molecule has 3 unspecified atom stereocenters. The molecule has 1 aromatic carbocycles. The molecule has 3 atom stereocenters. The number of ketones is 1. The van der Waals surface area contributed by atoms with Crippen LogP contribution in [0.1, 0.15) is 61.5 Å². The van der Waals surface area contributed by atoms with E-state index in [1.54, 1.807) is 0 Å². The molecule has 0 heterocycles. The molecule has 3 aliphatic rings. The summed E-state index contributed by atoms with van der Waals surface area (Å²) >= 11 is 0. The molecular formula is C20H24O. The Morgan fingerprint density at radius 3 is 2.57 bits per heavy atom. The highest BCUT2D eigenvalue weighted by molar-refractivity contribution is 6.01. The zero-order valence-corrected chi connectivity index (χ0v) is 13.3. The predicted molar refractivity (Wildman–Crippen MR) is 85.6 cm³/mol. The van der Waals surface area contributed by atoms with Gasteiger partial charge in [-0.1, -0.05) is 51.1 Å². The number of allylic oxidation sites excluding steroid dienone is 2. The van der Waals surface area contributed by atoms with Gasteiger partial charge in [0, 0.05) is 12.0 Å². The van der Waals surface area contributed by atoms with Gasteiger partial charge in [-0.3, -0.25) is 4.79 Å². The van der Waals surface area contributed by atoms with Gasteiger partial charge >= 0.3 is 0 Å². The van der Waals surface area contributed by atoms with Crippen LogP contribution in [0.25, 0.3) is 0 Å². The van der Waals surface area contributed by atoms with Crippen LogP contribution in [0.2, 0.25) is 0 Å². The summed E-state index contributed by atoms with van der Waals surface area (Å²) in [6, 6.07) is 6.49. The average molecular weight is 280 g/mol. The molecule has 0 N–H and O–H groups in total. The Labute approximate surface area is 127 Å². The van der Waals surface area contributed by atoms with Crippen molar-refractivity contribution < 1.29 is 4.79 Å². The minimum atomic E-state index is 0.0418. The maximum absolute atomic E-state index is 13.0. The van der Waals surface area contributed by atoms with Crippen molar-refractivity contribution in [2.24, 2.45) is 17.3 Å². The van der Waals surface area contributed by atoms with Crippen LogP contribution in [0, 0.1) is 17.3 Å². The molecule has 1 spiro atoms. The Kier molecular flexibility index (Phi) is 2.59. The van der Waals surface area contributed by atoms with Crippen molar-refractivity contribution in [2.45, 2.75) is 51.9 Å². The molecule has 21 heavy (non-hydrogen) atoms. The summed E-state index contributed by atoms with van der Waals surface area (Å²) in [4.78, 5) is 13.0. The first-order valence-corrected chi connectivity index (χ1v) is 8.23. The molecule has 0 amide bonds. The highest BCUT2D eigenvalue weighted by Gasteiger charge is 2.51. The molecule has 1 fully saturated rings. The van der Waals surface area contributed by atoms with Gasteiger partial charge in [-0.15, -0.1) is 0 Å². The molecule has 110 valence electrons. The maximum Gasteiger partial charge on any atom is 0.164 e. The van der Waals surface area contributed by atoms with Crippen LogP contribution in [0.4, 0.5) is 0 Å². The number of hydrogen-bond donors (Lipinski definition) is 0. The van der Waals surface area contributed by atoms with Crippen LogP contribution < -0.4 is 0 Å². The number of carbonyl (C=O) groups excluding carboxylic acids is 1. The largest absolute Gasteiger partial charge is 0.294 e. The van der Waals surface area contributed by atoms with Gasteiger partial charge in [0.1, 0.15) is 0 Å². The van der Waals surface area contributed by atoms with E-state index in [2.05, 4.69) is 51.1 Å². The molecule has 4 rings (SSSR count). The fourth-order valence-electron chi connectivity index (χ4n) is 5.01. The summed E-state index contributed by atoms with van der Waals surface area (Å²) in [5.74, 6) is 1.76. The Morgan fingerprint density at radius 1 is 1.14 bits per heavy atom. The minimum absolute atomic E-state index is 0.0418. The van der Waals surface area contributed by atoms with Crippen molar-refractivity contribution in [3.63, 3.8) is 0 Å². The standard InChI is InChI=1S/C20H24O/c1-19(2,3)16-6-4-5-14-11-20(12-17(21)18(14)16)10-13-7-8-15(20)9-13/h4-8,13,15H,9-12H2,1-3H3. The molecule has 2 bridgehead atoms. The molecular weight excluding hydrogens is 256 g/mol. The highest BCUT2D eigenvalue weighted by atomic mass is 16.1. The van der Waals surface area contributed by atoms with Crippen molar-refractivity contribution in [2.75, 3.05) is 0 Å². The molecule has 0 saturated heterocycles. The Morgan fingerprint density at radius 2 is 1.95 bits per heavy atom. The highest BCUT2D eigenvalue weighted by Crippen LogP contribution is 2.58. The van der Waals surface area contributed by atoms with E-state index in [0.29, 0.717) is 11.7 Å². The monoisotopic (exact) mass is 280 g/mol. The average Bonchev–Trinajstić information content (AvgIpc) is 2.97. The Balaban J connectivity index is 1.81. The summed E-state index contributed by atoms with van der Waals surface area (Å²) in [7, 11) is 0. The summed E-state index contributed by atoms with van der Waals surface area (Å²) in [6.07, 6.45) is 9.13. The summed E-state index contributed by atoms with van der Waals surface area (Å²) in [6.45, 7) is 6.63. The van der Waals surface area contributed by atoms with Gasteiger partial charge in [-0.25, -0.2) is 0 Å². The quantitative estimate of drug-likeness (QED) is 0.630. The summed E-state index contributed by atoms with van der Waals surface area (Å²) in [5.41, 5.74) is 3.86. The van der Waals surface area contributed by atoms with Crippen LogP contribution >= 0.6 is 0 Å². The first-order chi connectivity index (χ1) is 9.89. The first kappa shape index (κ1) is 13.3. The van der Waals surface area contributed by atoms with E-state index in [1.165, 1.54) is 24.0 Å². The zero-order chi connectivity index (χ0) is 14.8. The van der Waals surface area contributed by atoms with E-state index in [0.717, 1.165) is 24.3 Å². The van der Waals surface area contributed by atoms with Gasteiger partial charge in [0.2, 0.25) is 0 Å². The number of rotatable bonds is 0. The van der Waals surface area contributed by atoms with Crippen molar-refractivity contribution in [1.29, 1.82) is 0 Å². The van der Waals surface area contributed by atoms with Gasteiger partial charge < -0.3 is 0 Å². The fourth-order valence-corrected chi connectivity index (χ4v) is 5.01. The van der Waals surface area contributed by atoms with Crippen LogP contribution in [0.3, 0.4) is 0 Å². The number of Topliss-reactive ketones (excluding diaryl/α,β-unsaturated/α-hetero) is 1. The molecule has 1 saturated carbocycles. The second kappa shape index (κ2) is 4.09. The zero-order valence-electron chi connectivity index (χ0n) is 13.3. The van der Waals surface area contributed by atoms with E-state index < -0.39 is 0 Å². The minimum Gasteiger partial charge on any atom is -0.294 e. The Bertz CT molecular complexity index is 646. The molecule has 1 heteroatoms. The van der Waals surface area contributed by atoms with Gasteiger partial charge in [0.05, 0.1) is 0 Å². The molecule has 0 aromatic heterocycles. The van der Waals surface area contributed by atoms with Crippen LogP contribution in [-0.4, -0.2) is 5.78 Å². The smallest absolute Gasteiger partial charge is 0.164 e. The Hall–Kier alpha value is -1.37. The second-order valence-corrected chi connectivity index (χ2v) is 8.42. The van der Waals surface area contributed by atoms with E-state index in [1.807, 2.05) is 0 Å². The molecule has 1 nitrogen and oxygen atoms in total. The summed E-state index contributed by atoms with van der Waals surface area (Å²) in [5, 5.41) is 0. The predicted octanol–water partition coefficient (Wildman–Crippen LogP) is 4.70. The van der Waals surface area contributed by atoms with Crippen LogP contribution in [-0.2, 0) is 11.8 Å². The van der Waals surface area contributed by atoms with Crippen molar-refractivity contribution in [1.82, 2.24) is 0 Å². The number of benzene rings is 1. The fraction of sp³-hybridized carbons (Fsp3) is 0.550. The third kappa shape index (κ3) is 1.86. The van der Waals surface area contributed by atoms with Crippen molar-refractivity contribution in [3.05, 3.63) is 47.0 Å². The van der Waals surface area contributed by atoms with Gasteiger partial charge in [0.25, 0.3) is 0 Å². The molecule has 3 aliphatic carbocycles. The van der Waals surface area contributed by atoms with E-state index in [-0.39, 0.29) is 10.8 Å². The van der Waals surface area contributed by atoms with Crippen molar-refractivity contribution in [3.8, 4) is 0 Å². The van der Waals surface area contributed by atoms with Crippen LogP contribution in [0.15, 0.2) is 30.4 Å². The third-order valence-corrected chi connectivity index (χ3v) is 5.92. The molecule has 1 aromatic rings.